The number of urea groups is 1. The summed E-state index contributed by atoms with van der Waals surface area (Å²) in [7, 11) is 0. The van der Waals surface area contributed by atoms with Crippen molar-refractivity contribution in [3.05, 3.63) is 102 Å². The summed E-state index contributed by atoms with van der Waals surface area (Å²) < 4.78 is 0. The van der Waals surface area contributed by atoms with Crippen LogP contribution in [0.4, 0.5) is 21.9 Å². The van der Waals surface area contributed by atoms with E-state index >= 15 is 0 Å². The molecule has 3 N–H and O–H groups in total. The summed E-state index contributed by atoms with van der Waals surface area (Å²) in [6.45, 7) is 0. The number of anilines is 3. The van der Waals surface area contributed by atoms with Crippen LogP contribution < -0.4 is 16.0 Å². The Balaban J connectivity index is 1.65. The first-order chi connectivity index (χ1) is 14.6. The minimum absolute atomic E-state index is 0.333. The second kappa shape index (κ2) is 8.68. The molecule has 0 aliphatic carbocycles. The van der Waals surface area contributed by atoms with Gasteiger partial charge in [-0.25, -0.2) is 4.79 Å². The third-order valence-corrected chi connectivity index (χ3v) is 4.81. The molecule has 0 aliphatic rings. The van der Waals surface area contributed by atoms with Gasteiger partial charge in [0.05, 0.1) is 22.0 Å². The molecule has 4 rings (SSSR count). The number of carbonyl (C=O) groups excluding carboxylic acids is 2. The van der Waals surface area contributed by atoms with Crippen molar-refractivity contribution in [3.8, 4) is 0 Å². The van der Waals surface area contributed by atoms with Crippen LogP contribution in [0.1, 0.15) is 10.4 Å². The first kappa shape index (κ1) is 19.5. The molecule has 0 fully saturated rings. The van der Waals surface area contributed by atoms with Gasteiger partial charge in [-0.15, -0.1) is 0 Å². The van der Waals surface area contributed by atoms with Crippen molar-refractivity contribution < 1.29 is 9.59 Å². The number of rotatable bonds is 4. The molecule has 0 unspecified atom stereocenters. The van der Waals surface area contributed by atoms with Crippen molar-refractivity contribution in [1.82, 2.24) is 0 Å². The number of halogens is 1. The number of nitrogens with one attached hydrogen (secondary N) is 3. The molecule has 4 aromatic carbocycles. The first-order valence-electron chi connectivity index (χ1n) is 9.23. The van der Waals surface area contributed by atoms with E-state index in [1.807, 2.05) is 24.3 Å². The van der Waals surface area contributed by atoms with E-state index in [4.69, 9.17) is 11.6 Å². The maximum absolute atomic E-state index is 13.0. The van der Waals surface area contributed by atoms with Gasteiger partial charge in [-0.1, -0.05) is 60.1 Å². The molecule has 0 heterocycles. The van der Waals surface area contributed by atoms with Crippen LogP contribution in [0, 0.1) is 6.07 Å². The minimum Gasteiger partial charge on any atom is -0.322 e. The van der Waals surface area contributed by atoms with Crippen LogP contribution in [0.3, 0.4) is 0 Å². The van der Waals surface area contributed by atoms with Gasteiger partial charge in [-0.2, -0.15) is 0 Å². The zero-order chi connectivity index (χ0) is 20.9. The Morgan fingerprint density at radius 1 is 0.733 bits per heavy atom. The number of amides is 3. The fourth-order valence-electron chi connectivity index (χ4n) is 3.04. The van der Waals surface area contributed by atoms with Gasteiger partial charge in [0.25, 0.3) is 5.91 Å². The SMILES string of the molecule is O=C(Nc1ccccc1Cl)Nc1cc2ccccc2cc1C(=O)Nc1cc[c]cc1. The van der Waals surface area contributed by atoms with Gasteiger partial charge in [0, 0.05) is 5.69 Å². The first-order valence-corrected chi connectivity index (χ1v) is 9.61. The molecule has 0 bridgehead atoms. The molecule has 4 aromatic rings. The van der Waals surface area contributed by atoms with Crippen molar-refractivity contribution in [2.24, 2.45) is 0 Å². The number of hydrogen-bond acceptors (Lipinski definition) is 2. The predicted octanol–water partition coefficient (Wildman–Crippen LogP) is 6.19. The second-order valence-electron chi connectivity index (χ2n) is 6.55. The van der Waals surface area contributed by atoms with E-state index < -0.39 is 6.03 Å². The molecule has 0 saturated heterocycles. The molecule has 147 valence electrons. The normalized spacial score (nSPS) is 10.4. The lowest BCUT2D eigenvalue weighted by molar-refractivity contribution is 0.102. The molecular weight excluding hydrogens is 398 g/mol. The molecule has 6 heteroatoms. The molecular formula is C24H17ClN3O2. The van der Waals surface area contributed by atoms with E-state index in [9.17, 15) is 9.59 Å². The molecule has 5 nitrogen and oxygen atoms in total. The largest absolute Gasteiger partial charge is 0.323 e. The van der Waals surface area contributed by atoms with Gasteiger partial charge in [-0.05, 0) is 53.2 Å². The molecule has 1 radical (unpaired) electrons. The van der Waals surface area contributed by atoms with Gasteiger partial charge in [0.2, 0.25) is 0 Å². The van der Waals surface area contributed by atoms with Crippen LogP contribution in [0.25, 0.3) is 10.8 Å². The molecule has 0 aromatic heterocycles. The third kappa shape index (κ3) is 4.42. The molecule has 0 spiro atoms. The highest BCUT2D eigenvalue weighted by atomic mass is 35.5. The maximum atomic E-state index is 13.0. The molecule has 0 atom stereocenters. The van der Waals surface area contributed by atoms with Crippen LogP contribution in [-0.4, -0.2) is 11.9 Å². The predicted molar refractivity (Wildman–Crippen MR) is 121 cm³/mol. The topological polar surface area (TPSA) is 70.2 Å². The van der Waals surface area contributed by atoms with Gasteiger partial charge >= 0.3 is 6.03 Å². The fraction of sp³-hybridized carbons (Fsp3) is 0. The van der Waals surface area contributed by atoms with Crippen LogP contribution >= 0.6 is 11.6 Å². The smallest absolute Gasteiger partial charge is 0.322 e. The number of hydrogen-bond donors (Lipinski definition) is 3. The van der Waals surface area contributed by atoms with Crippen molar-refractivity contribution in [3.63, 3.8) is 0 Å². The third-order valence-electron chi connectivity index (χ3n) is 4.48. The summed E-state index contributed by atoms with van der Waals surface area (Å²) in [5, 5.41) is 10.5. The van der Waals surface area contributed by atoms with Crippen molar-refractivity contribution in [2.45, 2.75) is 0 Å². The summed E-state index contributed by atoms with van der Waals surface area (Å²) in [6, 6.07) is 27.4. The quantitative estimate of drug-likeness (QED) is 0.372. The Hall–Kier alpha value is -3.83. The second-order valence-corrected chi connectivity index (χ2v) is 6.95. The summed E-state index contributed by atoms with van der Waals surface area (Å²) in [5.74, 6) is -0.333. The fourth-order valence-corrected chi connectivity index (χ4v) is 3.22. The lowest BCUT2D eigenvalue weighted by Crippen LogP contribution is -2.22. The van der Waals surface area contributed by atoms with E-state index in [1.54, 1.807) is 60.7 Å². The Kier molecular flexibility index (Phi) is 5.63. The molecule has 3 amide bonds. The Morgan fingerprint density at radius 2 is 1.37 bits per heavy atom. The monoisotopic (exact) mass is 414 g/mol. The molecule has 30 heavy (non-hydrogen) atoms. The van der Waals surface area contributed by atoms with Crippen LogP contribution in [0.15, 0.2) is 84.9 Å². The number of carbonyl (C=O) groups is 2. The van der Waals surface area contributed by atoms with Crippen molar-refractivity contribution in [2.75, 3.05) is 16.0 Å². The van der Waals surface area contributed by atoms with Crippen molar-refractivity contribution in [1.29, 1.82) is 0 Å². The summed E-state index contributed by atoms with van der Waals surface area (Å²) in [4.78, 5) is 25.5. The molecule has 0 saturated carbocycles. The van der Waals surface area contributed by atoms with Crippen LogP contribution in [0.2, 0.25) is 5.02 Å². The van der Waals surface area contributed by atoms with E-state index in [0.717, 1.165) is 10.8 Å². The number of para-hydroxylation sites is 1. The van der Waals surface area contributed by atoms with Gasteiger partial charge in [0.15, 0.2) is 0 Å². The maximum Gasteiger partial charge on any atom is 0.323 e. The van der Waals surface area contributed by atoms with E-state index in [2.05, 4.69) is 22.0 Å². The van der Waals surface area contributed by atoms with Gasteiger partial charge < -0.3 is 16.0 Å². The van der Waals surface area contributed by atoms with Crippen molar-refractivity contribution >= 4 is 51.4 Å². The van der Waals surface area contributed by atoms with Crippen LogP contribution in [0.5, 0.6) is 0 Å². The Morgan fingerprint density at radius 3 is 2.10 bits per heavy atom. The lowest BCUT2D eigenvalue weighted by Gasteiger charge is -2.14. The summed E-state index contributed by atoms with van der Waals surface area (Å²) in [5.41, 5.74) is 1.84. The average Bonchev–Trinajstić information content (AvgIpc) is 2.75. The van der Waals surface area contributed by atoms with E-state index in [1.165, 1.54) is 0 Å². The highest BCUT2D eigenvalue weighted by Gasteiger charge is 2.16. The van der Waals surface area contributed by atoms with E-state index in [0.29, 0.717) is 27.6 Å². The number of fused-ring (bicyclic) bond motifs is 1. The zero-order valence-electron chi connectivity index (χ0n) is 15.8. The zero-order valence-corrected chi connectivity index (χ0v) is 16.5. The lowest BCUT2D eigenvalue weighted by atomic mass is 10.0. The van der Waals surface area contributed by atoms with Gasteiger partial charge in [0.1, 0.15) is 0 Å². The molecule has 0 aliphatic heterocycles. The average molecular weight is 415 g/mol. The highest BCUT2D eigenvalue weighted by Crippen LogP contribution is 2.26. The minimum atomic E-state index is -0.498. The highest BCUT2D eigenvalue weighted by molar-refractivity contribution is 6.33. The van der Waals surface area contributed by atoms with Crippen LogP contribution in [-0.2, 0) is 0 Å². The Bertz CT molecular complexity index is 1230. The standard InChI is InChI=1S/C24H17ClN3O2/c25-20-12-6-7-13-21(20)27-24(30)28-22-15-17-9-5-4-8-16(17)14-19(22)23(29)26-18-10-2-1-3-11-18/h2-15H,(H,26,29)(H2,27,28,30). The Labute approximate surface area is 178 Å². The summed E-state index contributed by atoms with van der Waals surface area (Å²) in [6.07, 6.45) is 0. The number of benzene rings is 4. The van der Waals surface area contributed by atoms with E-state index in [-0.39, 0.29) is 5.91 Å². The summed E-state index contributed by atoms with van der Waals surface area (Å²) >= 11 is 6.11. The van der Waals surface area contributed by atoms with Gasteiger partial charge in [-0.3, -0.25) is 4.79 Å².